The van der Waals surface area contributed by atoms with Crippen molar-refractivity contribution in [3.8, 4) is 0 Å². The summed E-state index contributed by atoms with van der Waals surface area (Å²) in [6.45, 7) is 6.63. The van der Waals surface area contributed by atoms with E-state index in [4.69, 9.17) is 5.90 Å². The summed E-state index contributed by atoms with van der Waals surface area (Å²) < 4.78 is 1.87. The van der Waals surface area contributed by atoms with Gasteiger partial charge in [0.05, 0.1) is 12.3 Å². The molecule has 0 aliphatic carbocycles. The highest BCUT2D eigenvalue weighted by Gasteiger charge is 2.24. The first-order valence-corrected chi connectivity index (χ1v) is 4.30. The van der Waals surface area contributed by atoms with Gasteiger partial charge in [-0.2, -0.15) is 5.10 Å². The van der Waals surface area contributed by atoms with E-state index in [1.165, 1.54) is 0 Å². The Labute approximate surface area is 78.6 Å². The molecule has 1 rings (SSSR count). The Morgan fingerprint density at radius 3 is 2.62 bits per heavy atom. The lowest BCUT2D eigenvalue weighted by Gasteiger charge is -2.22. The van der Waals surface area contributed by atoms with Crippen LogP contribution in [0.4, 0.5) is 0 Å². The number of nitrogens with two attached hydrogens (primary N) is 1. The van der Waals surface area contributed by atoms with Crippen molar-refractivity contribution in [2.75, 3.05) is 6.61 Å². The fourth-order valence-electron chi connectivity index (χ4n) is 1.53. The monoisotopic (exact) mass is 183 g/mol. The molecule has 0 fully saturated rings. The number of hydrogen-bond donors (Lipinski definition) is 1. The van der Waals surface area contributed by atoms with Gasteiger partial charge in [-0.15, -0.1) is 0 Å². The first kappa shape index (κ1) is 10.2. The molecule has 74 valence electrons. The normalized spacial score (nSPS) is 12.1. The molecule has 1 aromatic rings. The van der Waals surface area contributed by atoms with E-state index < -0.39 is 0 Å². The van der Waals surface area contributed by atoms with Crippen molar-refractivity contribution in [3.05, 3.63) is 17.5 Å². The quantitative estimate of drug-likeness (QED) is 0.708. The van der Waals surface area contributed by atoms with Gasteiger partial charge in [-0.3, -0.25) is 4.68 Å². The molecule has 0 aliphatic heterocycles. The summed E-state index contributed by atoms with van der Waals surface area (Å²) in [5.74, 6) is 5.08. The molecule has 1 aromatic heterocycles. The Morgan fingerprint density at radius 1 is 1.62 bits per heavy atom. The minimum atomic E-state index is -0.0925. The highest BCUT2D eigenvalue weighted by Crippen LogP contribution is 2.22. The van der Waals surface area contributed by atoms with Crippen molar-refractivity contribution in [1.29, 1.82) is 0 Å². The predicted molar refractivity (Wildman–Crippen MR) is 51.1 cm³/mol. The van der Waals surface area contributed by atoms with E-state index in [1.54, 1.807) is 0 Å². The summed E-state index contributed by atoms with van der Waals surface area (Å²) in [4.78, 5) is 4.68. The van der Waals surface area contributed by atoms with Crippen LogP contribution in [-0.4, -0.2) is 16.4 Å². The minimum Gasteiger partial charge on any atom is -0.304 e. The van der Waals surface area contributed by atoms with Crippen LogP contribution in [0.5, 0.6) is 0 Å². The second kappa shape index (κ2) is 3.47. The zero-order valence-corrected chi connectivity index (χ0v) is 8.66. The number of hydrogen-bond acceptors (Lipinski definition) is 3. The van der Waals surface area contributed by atoms with Crippen LogP contribution >= 0.6 is 0 Å². The van der Waals surface area contributed by atoms with E-state index in [0.717, 1.165) is 11.4 Å². The lowest BCUT2D eigenvalue weighted by molar-refractivity contribution is 0.0935. The summed E-state index contributed by atoms with van der Waals surface area (Å²) in [5.41, 5.74) is 2.06. The lowest BCUT2D eigenvalue weighted by Crippen LogP contribution is -2.28. The average Bonchev–Trinajstić information content (AvgIpc) is 2.30. The number of aromatic nitrogens is 2. The van der Waals surface area contributed by atoms with Crippen LogP contribution in [0.2, 0.25) is 0 Å². The maximum absolute atomic E-state index is 5.08. The number of rotatable bonds is 3. The molecule has 0 saturated carbocycles. The van der Waals surface area contributed by atoms with Gasteiger partial charge in [0.25, 0.3) is 0 Å². The Bertz CT molecular complexity index is 291. The summed E-state index contributed by atoms with van der Waals surface area (Å²) in [6.07, 6.45) is 0. The van der Waals surface area contributed by atoms with Gasteiger partial charge in [0, 0.05) is 18.2 Å². The summed E-state index contributed by atoms with van der Waals surface area (Å²) >= 11 is 0. The average molecular weight is 183 g/mol. The fraction of sp³-hybridized carbons (Fsp3) is 0.667. The smallest absolute Gasteiger partial charge is 0.0785 e. The van der Waals surface area contributed by atoms with Crippen LogP contribution < -0.4 is 5.90 Å². The number of aryl methyl sites for hydroxylation is 2. The Hall–Kier alpha value is -0.870. The zero-order chi connectivity index (χ0) is 10.1. The van der Waals surface area contributed by atoms with Gasteiger partial charge < -0.3 is 4.84 Å². The van der Waals surface area contributed by atoms with Crippen LogP contribution in [0.1, 0.15) is 25.2 Å². The highest BCUT2D eigenvalue weighted by atomic mass is 16.6. The molecule has 0 spiro atoms. The molecule has 0 atom stereocenters. The minimum absolute atomic E-state index is 0.0925. The standard InChI is InChI=1S/C9H17N3O/c1-7-5-8(12(4)11-7)9(2,3)6-13-10/h5H,6,10H2,1-4H3. The predicted octanol–water partition coefficient (Wildman–Crippen LogP) is 0.896. The van der Waals surface area contributed by atoms with E-state index in [0.29, 0.717) is 6.61 Å². The maximum Gasteiger partial charge on any atom is 0.0785 e. The molecule has 2 N–H and O–H groups in total. The Morgan fingerprint density at radius 2 is 2.23 bits per heavy atom. The van der Waals surface area contributed by atoms with E-state index in [2.05, 4.69) is 29.9 Å². The molecule has 1 heterocycles. The Kier molecular flexibility index (Phi) is 2.73. The van der Waals surface area contributed by atoms with E-state index in [-0.39, 0.29) is 5.41 Å². The third kappa shape index (κ3) is 2.08. The molecule has 0 saturated heterocycles. The number of nitrogens with zero attached hydrogens (tertiary/aromatic N) is 2. The third-order valence-electron chi connectivity index (χ3n) is 2.14. The van der Waals surface area contributed by atoms with Crippen molar-refractivity contribution in [1.82, 2.24) is 9.78 Å². The SMILES string of the molecule is Cc1cc(C(C)(C)CON)n(C)n1. The third-order valence-corrected chi connectivity index (χ3v) is 2.14. The summed E-state index contributed by atoms with van der Waals surface area (Å²) in [7, 11) is 1.93. The van der Waals surface area contributed by atoms with Crippen LogP contribution in [0, 0.1) is 6.92 Å². The van der Waals surface area contributed by atoms with Gasteiger partial charge in [0.15, 0.2) is 0 Å². The zero-order valence-electron chi connectivity index (χ0n) is 8.66. The molecule has 4 nitrogen and oxygen atoms in total. The molecule has 0 bridgehead atoms. The summed E-state index contributed by atoms with van der Waals surface area (Å²) in [5, 5.41) is 4.28. The van der Waals surface area contributed by atoms with Gasteiger partial charge in [-0.1, -0.05) is 13.8 Å². The fourth-order valence-corrected chi connectivity index (χ4v) is 1.53. The Balaban J connectivity index is 2.98. The van der Waals surface area contributed by atoms with Gasteiger partial charge in [0.1, 0.15) is 0 Å². The van der Waals surface area contributed by atoms with E-state index in [1.807, 2.05) is 18.7 Å². The van der Waals surface area contributed by atoms with Crippen LogP contribution in [0.15, 0.2) is 6.07 Å². The van der Waals surface area contributed by atoms with Gasteiger partial charge in [0.2, 0.25) is 0 Å². The van der Waals surface area contributed by atoms with Crippen molar-refractivity contribution < 1.29 is 4.84 Å². The molecular formula is C9H17N3O. The first-order valence-electron chi connectivity index (χ1n) is 4.30. The molecule has 0 radical (unpaired) electrons. The van der Waals surface area contributed by atoms with Crippen molar-refractivity contribution in [2.45, 2.75) is 26.2 Å². The van der Waals surface area contributed by atoms with Crippen LogP contribution in [-0.2, 0) is 17.3 Å². The second-order valence-electron chi connectivity index (χ2n) is 3.99. The van der Waals surface area contributed by atoms with E-state index in [9.17, 15) is 0 Å². The van der Waals surface area contributed by atoms with Gasteiger partial charge in [-0.25, -0.2) is 5.90 Å². The summed E-state index contributed by atoms with van der Waals surface area (Å²) in [6, 6.07) is 2.05. The second-order valence-corrected chi connectivity index (χ2v) is 3.99. The van der Waals surface area contributed by atoms with Gasteiger partial charge in [-0.05, 0) is 13.0 Å². The maximum atomic E-state index is 5.08. The van der Waals surface area contributed by atoms with Crippen LogP contribution in [0.25, 0.3) is 0 Å². The lowest BCUT2D eigenvalue weighted by atomic mass is 9.90. The molecule has 4 heteroatoms. The molecular weight excluding hydrogens is 166 g/mol. The topological polar surface area (TPSA) is 53.1 Å². The molecule has 13 heavy (non-hydrogen) atoms. The highest BCUT2D eigenvalue weighted by molar-refractivity contribution is 5.18. The first-order chi connectivity index (χ1) is 5.97. The molecule has 0 amide bonds. The van der Waals surface area contributed by atoms with Crippen LogP contribution in [0.3, 0.4) is 0 Å². The molecule has 0 unspecified atom stereocenters. The molecule has 0 aliphatic rings. The van der Waals surface area contributed by atoms with Crippen molar-refractivity contribution in [2.24, 2.45) is 12.9 Å². The van der Waals surface area contributed by atoms with Gasteiger partial charge >= 0.3 is 0 Å². The largest absolute Gasteiger partial charge is 0.304 e. The molecule has 0 aromatic carbocycles. The van der Waals surface area contributed by atoms with Crippen molar-refractivity contribution >= 4 is 0 Å². The van der Waals surface area contributed by atoms with E-state index >= 15 is 0 Å². The van der Waals surface area contributed by atoms with Crippen molar-refractivity contribution in [3.63, 3.8) is 0 Å².